The minimum absolute atomic E-state index is 0.352. The van der Waals surface area contributed by atoms with Crippen LogP contribution in [0.3, 0.4) is 0 Å². The van der Waals surface area contributed by atoms with Crippen molar-refractivity contribution in [3.8, 4) is 0 Å². The summed E-state index contributed by atoms with van der Waals surface area (Å²) >= 11 is 1.43. The SMILES string of the molecule is CNc1cc(NCc2ccc(F)c(F)c2)nc(SC)n1. The van der Waals surface area contributed by atoms with Crippen molar-refractivity contribution in [2.24, 2.45) is 0 Å². The summed E-state index contributed by atoms with van der Waals surface area (Å²) in [4.78, 5) is 8.53. The van der Waals surface area contributed by atoms with Crippen molar-refractivity contribution in [3.63, 3.8) is 0 Å². The molecule has 0 aliphatic heterocycles. The zero-order valence-electron chi connectivity index (χ0n) is 11.1. The second-order valence-electron chi connectivity index (χ2n) is 3.98. The summed E-state index contributed by atoms with van der Waals surface area (Å²) in [5.74, 6) is -0.388. The molecule has 0 unspecified atom stereocenters. The van der Waals surface area contributed by atoms with Gasteiger partial charge in [-0.1, -0.05) is 17.8 Å². The molecule has 0 aliphatic carbocycles. The first-order valence-corrected chi connectivity index (χ1v) is 7.13. The fraction of sp³-hybridized carbons (Fsp3) is 0.231. The molecule has 1 aromatic carbocycles. The van der Waals surface area contributed by atoms with Gasteiger partial charge in [-0.25, -0.2) is 18.7 Å². The first-order chi connectivity index (χ1) is 9.62. The lowest BCUT2D eigenvalue weighted by atomic mass is 10.2. The molecule has 0 fully saturated rings. The molecule has 0 amide bonds. The standard InChI is InChI=1S/C13H14F2N4S/c1-16-11-6-12(19-13(18-11)20-2)17-7-8-3-4-9(14)10(15)5-8/h3-6H,7H2,1-2H3,(H2,16,17,18,19). The molecule has 2 aromatic rings. The summed E-state index contributed by atoms with van der Waals surface area (Å²) in [5, 5.41) is 6.64. The van der Waals surface area contributed by atoms with E-state index in [9.17, 15) is 8.78 Å². The monoisotopic (exact) mass is 296 g/mol. The lowest BCUT2D eigenvalue weighted by Crippen LogP contribution is -2.05. The molecule has 2 N–H and O–H groups in total. The average Bonchev–Trinajstić information content (AvgIpc) is 2.48. The second kappa shape index (κ2) is 6.51. The van der Waals surface area contributed by atoms with Crippen LogP contribution >= 0.6 is 11.8 Å². The van der Waals surface area contributed by atoms with E-state index in [0.29, 0.717) is 28.9 Å². The molecule has 0 bridgehead atoms. The number of benzene rings is 1. The van der Waals surface area contributed by atoms with E-state index in [1.54, 1.807) is 13.1 Å². The van der Waals surface area contributed by atoms with Gasteiger partial charge in [0.15, 0.2) is 16.8 Å². The fourth-order valence-corrected chi connectivity index (χ4v) is 1.96. The van der Waals surface area contributed by atoms with Crippen LogP contribution in [0.5, 0.6) is 0 Å². The van der Waals surface area contributed by atoms with Crippen LogP contribution < -0.4 is 10.6 Å². The summed E-state index contributed by atoms with van der Waals surface area (Å²) in [6.07, 6.45) is 1.88. The van der Waals surface area contributed by atoms with Crippen molar-refractivity contribution in [2.75, 3.05) is 23.9 Å². The number of nitrogens with one attached hydrogen (secondary N) is 2. The molecule has 0 saturated carbocycles. The van der Waals surface area contributed by atoms with E-state index in [4.69, 9.17) is 0 Å². The van der Waals surface area contributed by atoms with Crippen molar-refractivity contribution >= 4 is 23.4 Å². The Balaban J connectivity index is 2.11. The van der Waals surface area contributed by atoms with Crippen molar-refractivity contribution in [3.05, 3.63) is 41.5 Å². The third-order valence-electron chi connectivity index (χ3n) is 2.60. The topological polar surface area (TPSA) is 49.8 Å². The highest BCUT2D eigenvalue weighted by Crippen LogP contribution is 2.18. The highest BCUT2D eigenvalue weighted by atomic mass is 32.2. The van der Waals surface area contributed by atoms with E-state index < -0.39 is 11.6 Å². The molecule has 0 spiro atoms. The molecule has 4 nitrogen and oxygen atoms in total. The van der Waals surface area contributed by atoms with Crippen molar-refractivity contribution < 1.29 is 8.78 Å². The second-order valence-corrected chi connectivity index (χ2v) is 4.75. The lowest BCUT2D eigenvalue weighted by molar-refractivity contribution is 0.507. The van der Waals surface area contributed by atoms with Gasteiger partial charge in [-0.2, -0.15) is 0 Å². The van der Waals surface area contributed by atoms with Crippen molar-refractivity contribution in [2.45, 2.75) is 11.7 Å². The predicted molar refractivity (Wildman–Crippen MR) is 77.0 cm³/mol. The van der Waals surface area contributed by atoms with E-state index in [1.165, 1.54) is 17.8 Å². The zero-order valence-corrected chi connectivity index (χ0v) is 11.9. The predicted octanol–water partition coefficient (Wildman–Crippen LogP) is 3.13. The average molecular weight is 296 g/mol. The van der Waals surface area contributed by atoms with Crippen LogP contribution in [-0.2, 0) is 6.54 Å². The maximum Gasteiger partial charge on any atom is 0.191 e. The molecule has 1 aromatic heterocycles. The minimum atomic E-state index is -0.854. The molecule has 0 saturated heterocycles. The largest absolute Gasteiger partial charge is 0.373 e. The Labute approximate surface area is 120 Å². The first-order valence-electron chi connectivity index (χ1n) is 5.91. The normalized spacial score (nSPS) is 10.4. The van der Waals surface area contributed by atoms with Gasteiger partial charge in [0, 0.05) is 19.7 Å². The maximum absolute atomic E-state index is 13.1. The molecular formula is C13H14F2N4S. The number of hydrogen-bond acceptors (Lipinski definition) is 5. The van der Waals surface area contributed by atoms with Crippen LogP contribution in [0.25, 0.3) is 0 Å². The Kier molecular flexibility index (Phi) is 4.73. The van der Waals surface area contributed by atoms with E-state index in [2.05, 4.69) is 20.6 Å². The summed E-state index contributed by atoms with van der Waals surface area (Å²) in [6, 6.07) is 5.55. The summed E-state index contributed by atoms with van der Waals surface area (Å²) in [5.41, 5.74) is 0.638. The highest BCUT2D eigenvalue weighted by molar-refractivity contribution is 7.98. The van der Waals surface area contributed by atoms with Crippen LogP contribution in [0.1, 0.15) is 5.56 Å². The van der Waals surface area contributed by atoms with Gasteiger partial charge in [0.1, 0.15) is 11.6 Å². The molecular weight excluding hydrogens is 282 g/mol. The molecule has 0 radical (unpaired) electrons. The van der Waals surface area contributed by atoms with E-state index >= 15 is 0 Å². The van der Waals surface area contributed by atoms with Gasteiger partial charge in [0.25, 0.3) is 0 Å². The van der Waals surface area contributed by atoms with E-state index in [1.807, 2.05) is 6.26 Å². The fourth-order valence-electron chi connectivity index (χ4n) is 1.58. The summed E-state index contributed by atoms with van der Waals surface area (Å²) in [6.45, 7) is 0.352. The van der Waals surface area contributed by atoms with Crippen LogP contribution in [0, 0.1) is 11.6 Å². The quantitative estimate of drug-likeness (QED) is 0.656. The van der Waals surface area contributed by atoms with Gasteiger partial charge in [0.2, 0.25) is 0 Å². The molecule has 2 rings (SSSR count). The molecule has 0 aliphatic rings. The number of nitrogens with zero attached hydrogens (tertiary/aromatic N) is 2. The Hall–Kier alpha value is -1.89. The number of hydrogen-bond donors (Lipinski definition) is 2. The van der Waals surface area contributed by atoms with Gasteiger partial charge in [0.05, 0.1) is 0 Å². The van der Waals surface area contributed by atoms with Crippen LogP contribution in [-0.4, -0.2) is 23.3 Å². The van der Waals surface area contributed by atoms with Crippen molar-refractivity contribution in [1.29, 1.82) is 0 Å². The van der Waals surface area contributed by atoms with Crippen LogP contribution in [0.4, 0.5) is 20.4 Å². The van der Waals surface area contributed by atoms with Gasteiger partial charge < -0.3 is 10.6 Å². The van der Waals surface area contributed by atoms with Gasteiger partial charge >= 0.3 is 0 Å². The van der Waals surface area contributed by atoms with Gasteiger partial charge in [-0.05, 0) is 24.0 Å². The zero-order chi connectivity index (χ0) is 14.5. The third-order valence-corrected chi connectivity index (χ3v) is 3.15. The number of aromatic nitrogens is 2. The summed E-state index contributed by atoms with van der Waals surface area (Å²) in [7, 11) is 1.77. The minimum Gasteiger partial charge on any atom is -0.373 e. The highest BCUT2D eigenvalue weighted by Gasteiger charge is 2.05. The van der Waals surface area contributed by atoms with Crippen LogP contribution in [0.2, 0.25) is 0 Å². The molecule has 20 heavy (non-hydrogen) atoms. The molecule has 106 valence electrons. The van der Waals surface area contributed by atoms with Crippen molar-refractivity contribution in [1.82, 2.24) is 9.97 Å². The Morgan fingerprint density at radius 1 is 1.10 bits per heavy atom. The van der Waals surface area contributed by atoms with Gasteiger partial charge in [-0.15, -0.1) is 0 Å². The number of rotatable bonds is 5. The number of anilines is 2. The molecule has 1 heterocycles. The summed E-state index contributed by atoms with van der Waals surface area (Å²) < 4.78 is 25.9. The molecule has 0 atom stereocenters. The Bertz CT molecular complexity index is 585. The van der Waals surface area contributed by atoms with Crippen LogP contribution in [0.15, 0.2) is 29.4 Å². The maximum atomic E-state index is 13.1. The molecule has 7 heteroatoms. The number of thioether (sulfide) groups is 1. The van der Waals surface area contributed by atoms with Gasteiger partial charge in [-0.3, -0.25) is 0 Å². The van der Waals surface area contributed by atoms with E-state index in [0.717, 1.165) is 12.1 Å². The lowest BCUT2D eigenvalue weighted by Gasteiger charge is -2.09. The van der Waals surface area contributed by atoms with E-state index in [-0.39, 0.29) is 0 Å². The Morgan fingerprint density at radius 3 is 2.50 bits per heavy atom. The Morgan fingerprint density at radius 2 is 1.85 bits per heavy atom. The third kappa shape index (κ3) is 3.57. The smallest absolute Gasteiger partial charge is 0.191 e. The number of halogens is 2. The first kappa shape index (κ1) is 14.5.